The highest BCUT2D eigenvalue weighted by atomic mass is 35.5. The van der Waals surface area contributed by atoms with Crippen LogP contribution in [-0.2, 0) is 10.0 Å². The van der Waals surface area contributed by atoms with Gasteiger partial charge in [-0.05, 0) is 18.6 Å². The number of halogens is 1. The molecule has 1 aliphatic heterocycles. The fourth-order valence-corrected chi connectivity index (χ4v) is 5.66. The Hall–Kier alpha value is -1.73. The number of rotatable bonds is 3. The Balaban J connectivity index is 1.80. The molecule has 0 saturated carbocycles. The van der Waals surface area contributed by atoms with Crippen molar-refractivity contribution in [2.45, 2.75) is 10.6 Å². The zero-order valence-electron chi connectivity index (χ0n) is 12.6. The molecule has 0 bridgehead atoms. The van der Waals surface area contributed by atoms with Crippen LogP contribution < -0.4 is 4.90 Å². The molecule has 0 spiro atoms. The number of hydrogen-bond donors (Lipinski definition) is 0. The number of nitriles is 1. The summed E-state index contributed by atoms with van der Waals surface area (Å²) < 4.78 is 27.5. The molecule has 3 rings (SSSR count). The summed E-state index contributed by atoms with van der Waals surface area (Å²) in [5.74, 6) is 0.499. The quantitative estimate of drug-likeness (QED) is 0.804. The predicted molar refractivity (Wildman–Crippen MR) is 91.7 cm³/mol. The van der Waals surface area contributed by atoms with Gasteiger partial charge < -0.3 is 4.90 Å². The topological polar surface area (TPSA) is 90.2 Å². The average molecular weight is 384 g/mol. The lowest BCUT2D eigenvalue weighted by Crippen LogP contribution is -2.35. The summed E-state index contributed by atoms with van der Waals surface area (Å²) in [6.07, 6.45) is 3.64. The number of nitrogens with zero attached hydrogens (tertiary/aromatic N) is 5. The van der Waals surface area contributed by atoms with Crippen molar-refractivity contribution in [3.8, 4) is 6.07 Å². The summed E-state index contributed by atoms with van der Waals surface area (Å²) in [5.41, 5.74) is 0.249. The predicted octanol–water partition coefficient (Wildman–Crippen LogP) is 1.96. The van der Waals surface area contributed by atoms with Crippen LogP contribution in [0.3, 0.4) is 0 Å². The van der Waals surface area contributed by atoms with Gasteiger partial charge in [-0.1, -0.05) is 11.6 Å². The monoisotopic (exact) mass is 383 g/mol. The van der Waals surface area contributed by atoms with Crippen molar-refractivity contribution < 1.29 is 8.42 Å². The van der Waals surface area contributed by atoms with Gasteiger partial charge in [0.15, 0.2) is 11.5 Å². The highest BCUT2D eigenvalue weighted by Gasteiger charge is 2.29. The second-order valence-electron chi connectivity index (χ2n) is 5.14. The molecule has 0 amide bonds. The van der Waals surface area contributed by atoms with E-state index in [0.29, 0.717) is 42.8 Å². The smallest absolute Gasteiger partial charge is 0.252 e. The molecule has 126 valence electrons. The summed E-state index contributed by atoms with van der Waals surface area (Å²) in [6, 6.07) is 5.14. The zero-order valence-corrected chi connectivity index (χ0v) is 15.0. The Morgan fingerprint density at radius 1 is 1.17 bits per heavy atom. The number of anilines is 1. The molecule has 2 aromatic heterocycles. The first kappa shape index (κ1) is 17.1. The van der Waals surface area contributed by atoms with E-state index in [9.17, 15) is 8.42 Å². The molecule has 1 fully saturated rings. The SMILES string of the molecule is N#Cc1nccnc1N1CCCN(S(=O)(=O)c2ccc(Cl)s2)CC1. The molecule has 0 radical (unpaired) electrons. The van der Waals surface area contributed by atoms with E-state index in [-0.39, 0.29) is 9.90 Å². The van der Waals surface area contributed by atoms with Crippen LogP contribution in [0, 0.1) is 11.3 Å². The van der Waals surface area contributed by atoms with Crippen molar-refractivity contribution in [3.05, 3.63) is 34.6 Å². The van der Waals surface area contributed by atoms with Crippen LogP contribution in [0.1, 0.15) is 12.1 Å². The normalized spacial score (nSPS) is 16.6. The van der Waals surface area contributed by atoms with Crippen LogP contribution in [0.4, 0.5) is 5.82 Å². The number of sulfonamides is 1. The Morgan fingerprint density at radius 2 is 1.96 bits per heavy atom. The minimum absolute atomic E-state index is 0.248. The maximum atomic E-state index is 12.7. The Bertz CT molecular complexity index is 877. The van der Waals surface area contributed by atoms with Gasteiger partial charge in [-0.2, -0.15) is 9.57 Å². The maximum Gasteiger partial charge on any atom is 0.252 e. The molecule has 0 atom stereocenters. The summed E-state index contributed by atoms with van der Waals surface area (Å²) in [7, 11) is -3.55. The first-order valence-corrected chi connectivity index (χ1v) is 9.87. The molecule has 3 heterocycles. The Labute approximate surface area is 149 Å². The van der Waals surface area contributed by atoms with Crippen molar-refractivity contribution in [2.24, 2.45) is 0 Å². The lowest BCUT2D eigenvalue weighted by Gasteiger charge is -2.22. The van der Waals surface area contributed by atoms with E-state index < -0.39 is 10.0 Å². The third kappa shape index (κ3) is 3.37. The average Bonchev–Trinajstić information content (AvgIpc) is 2.88. The molecule has 0 aromatic carbocycles. The van der Waals surface area contributed by atoms with Crippen LogP contribution in [0.15, 0.2) is 28.7 Å². The summed E-state index contributed by atoms with van der Waals surface area (Å²) in [4.78, 5) is 10.1. The molecule has 2 aromatic rings. The lowest BCUT2D eigenvalue weighted by atomic mass is 10.3. The van der Waals surface area contributed by atoms with Gasteiger partial charge in [-0.25, -0.2) is 18.4 Å². The van der Waals surface area contributed by atoms with E-state index in [2.05, 4.69) is 9.97 Å². The molecule has 0 aliphatic carbocycles. The molecule has 10 heteroatoms. The fourth-order valence-electron chi connectivity index (χ4n) is 2.55. The summed E-state index contributed by atoms with van der Waals surface area (Å²) >= 11 is 6.91. The fraction of sp³-hybridized carbons (Fsp3) is 0.357. The van der Waals surface area contributed by atoms with Crippen molar-refractivity contribution in [3.63, 3.8) is 0 Å². The molecule has 1 aliphatic rings. The highest BCUT2D eigenvalue weighted by molar-refractivity contribution is 7.91. The molecule has 24 heavy (non-hydrogen) atoms. The standard InChI is InChI=1S/C14H14ClN5O2S2/c15-12-2-3-13(23-12)24(21,22)20-7-1-6-19(8-9-20)14-11(10-16)17-4-5-18-14/h2-5H,1,6-9H2. The first-order valence-electron chi connectivity index (χ1n) is 7.24. The van der Waals surface area contributed by atoms with Gasteiger partial charge >= 0.3 is 0 Å². The molecule has 0 unspecified atom stereocenters. The van der Waals surface area contributed by atoms with Crippen LogP contribution >= 0.6 is 22.9 Å². The van der Waals surface area contributed by atoms with Crippen molar-refractivity contribution in [1.82, 2.24) is 14.3 Å². The van der Waals surface area contributed by atoms with Gasteiger partial charge in [0.2, 0.25) is 0 Å². The number of aromatic nitrogens is 2. The number of thiophene rings is 1. The highest BCUT2D eigenvalue weighted by Crippen LogP contribution is 2.29. The van der Waals surface area contributed by atoms with E-state index in [4.69, 9.17) is 16.9 Å². The van der Waals surface area contributed by atoms with Crippen LogP contribution in [0.5, 0.6) is 0 Å². The van der Waals surface area contributed by atoms with Gasteiger partial charge in [0, 0.05) is 38.6 Å². The van der Waals surface area contributed by atoms with Crippen LogP contribution in [-0.4, -0.2) is 48.9 Å². The van der Waals surface area contributed by atoms with E-state index >= 15 is 0 Å². The van der Waals surface area contributed by atoms with Gasteiger partial charge in [0.25, 0.3) is 10.0 Å². The minimum Gasteiger partial charge on any atom is -0.353 e. The van der Waals surface area contributed by atoms with E-state index in [1.807, 2.05) is 11.0 Å². The lowest BCUT2D eigenvalue weighted by molar-refractivity contribution is 0.434. The van der Waals surface area contributed by atoms with E-state index in [1.165, 1.54) is 22.8 Å². The van der Waals surface area contributed by atoms with Crippen molar-refractivity contribution in [2.75, 3.05) is 31.1 Å². The molecular weight excluding hydrogens is 370 g/mol. The Kier molecular flexibility index (Phi) is 5.01. The van der Waals surface area contributed by atoms with E-state index in [1.54, 1.807) is 6.07 Å². The van der Waals surface area contributed by atoms with Gasteiger partial charge in [0.1, 0.15) is 10.3 Å². The zero-order chi connectivity index (χ0) is 17.2. The van der Waals surface area contributed by atoms with Gasteiger partial charge in [0.05, 0.1) is 4.34 Å². The second-order valence-corrected chi connectivity index (χ2v) is 9.02. The molecule has 7 nitrogen and oxygen atoms in total. The largest absolute Gasteiger partial charge is 0.353 e. The third-order valence-electron chi connectivity index (χ3n) is 3.68. The molecule has 1 saturated heterocycles. The second kappa shape index (κ2) is 7.03. The minimum atomic E-state index is -3.55. The van der Waals surface area contributed by atoms with Crippen LogP contribution in [0.25, 0.3) is 0 Å². The van der Waals surface area contributed by atoms with Gasteiger partial charge in [-0.15, -0.1) is 11.3 Å². The van der Waals surface area contributed by atoms with Crippen molar-refractivity contribution >= 4 is 38.8 Å². The molecule has 0 N–H and O–H groups in total. The maximum absolute atomic E-state index is 12.7. The van der Waals surface area contributed by atoms with Crippen LogP contribution in [0.2, 0.25) is 4.34 Å². The summed E-state index contributed by atoms with van der Waals surface area (Å²) in [6.45, 7) is 1.80. The number of hydrogen-bond acceptors (Lipinski definition) is 7. The van der Waals surface area contributed by atoms with E-state index in [0.717, 1.165) is 11.3 Å². The van der Waals surface area contributed by atoms with Gasteiger partial charge in [-0.3, -0.25) is 0 Å². The molecular formula is C14H14ClN5O2S2. The third-order valence-corrected chi connectivity index (χ3v) is 7.28. The van der Waals surface area contributed by atoms with Crippen molar-refractivity contribution in [1.29, 1.82) is 5.26 Å². The summed E-state index contributed by atoms with van der Waals surface area (Å²) in [5, 5.41) is 9.16. The Morgan fingerprint density at radius 3 is 2.67 bits per heavy atom. The first-order chi connectivity index (χ1) is 11.5.